The molecule has 0 radical (unpaired) electrons. The average molecular weight is 299 g/mol. The molecule has 0 saturated heterocycles. The highest BCUT2D eigenvalue weighted by atomic mass is 16.3. The van der Waals surface area contributed by atoms with Crippen molar-refractivity contribution in [3.05, 3.63) is 60.2 Å². The average Bonchev–Trinajstić information content (AvgIpc) is 2.52. The summed E-state index contributed by atoms with van der Waals surface area (Å²) in [5.74, 6) is 0.230. The molecule has 0 aromatic heterocycles. The van der Waals surface area contributed by atoms with Crippen molar-refractivity contribution >= 4 is 17.5 Å². The second-order valence-corrected chi connectivity index (χ2v) is 4.69. The molecule has 0 unspecified atom stereocenters. The van der Waals surface area contributed by atoms with Crippen LogP contribution in [0, 0.1) is 6.92 Å². The molecule has 0 saturated carbocycles. The van der Waals surface area contributed by atoms with Crippen LogP contribution >= 0.6 is 0 Å². The third-order valence-electron chi connectivity index (χ3n) is 2.98. The smallest absolute Gasteiger partial charge is 0.150 e. The molecule has 0 atom stereocenters. The number of aldehydes is 1. The molecule has 0 spiro atoms. The molecule has 0 bridgehead atoms. The number of phenols is 2. The van der Waals surface area contributed by atoms with E-state index >= 15 is 0 Å². The first-order valence-corrected chi connectivity index (χ1v) is 6.95. The zero-order chi connectivity index (χ0) is 16.5. The Balaban J connectivity index is 0.000000235. The van der Waals surface area contributed by atoms with Crippen molar-refractivity contribution < 1.29 is 15.0 Å². The Hall–Kier alpha value is -2.75. The molecule has 4 heteroatoms. The summed E-state index contributed by atoms with van der Waals surface area (Å²) >= 11 is 0. The summed E-state index contributed by atoms with van der Waals surface area (Å²) in [7, 11) is 0. The van der Waals surface area contributed by atoms with E-state index in [2.05, 4.69) is 11.9 Å². The second-order valence-electron chi connectivity index (χ2n) is 4.69. The summed E-state index contributed by atoms with van der Waals surface area (Å²) in [6.07, 6.45) is 0.774. The number of hydrogen-bond donors (Lipinski definition) is 3. The number of benzene rings is 2. The lowest BCUT2D eigenvalue weighted by atomic mass is 10.1. The van der Waals surface area contributed by atoms with E-state index in [1.165, 1.54) is 12.1 Å². The molecular weight excluding hydrogens is 278 g/mol. The van der Waals surface area contributed by atoms with E-state index < -0.39 is 0 Å². The maximum atomic E-state index is 10.5. The molecule has 2 aromatic carbocycles. The largest absolute Gasteiger partial charge is 0.508 e. The minimum atomic E-state index is 0.0955. The molecular formula is C18H21NO3. The Morgan fingerprint density at radius 1 is 1.23 bits per heavy atom. The first-order chi connectivity index (χ1) is 10.5. The monoisotopic (exact) mass is 299 g/mol. The number of anilines is 1. The van der Waals surface area contributed by atoms with Crippen molar-refractivity contribution in [1.29, 1.82) is 0 Å². The summed E-state index contributed by atoms with van der Waals surface area (Å²) in [6.45, 7) is 8.30. The molecule has 0 heterocycles. The molecule has 0 aliphatic heterocycles. The first kappa shape index (κ1) is 17.3. The van der Waals surface area contributed by atoms with Crippen LogP contribution in [0.2, 0.25) is 0 Å². The van der Waals surface area contributed by atoms with Crippen LogP contribution in [-0.2, 0) is 4.79 Å². The number of phenolic OH excluding ortho intramolecular Hbond substituents is 2. The summed E-state index contributed by atoms with van der Waals surface area (Å²) in [5.41, 5.74) is 3.12. The van der Waals surface area contributed by atoms with E-state index in [1.54, 1.807) is 13.0 Å². The van der Waals surface area contributed by atoms with Crippen molar-refractivity contribution in [3.8, 4) is 11.5 Å². The van der Waals surface area contributed by atoms with E-state index in [0.717, 1.165) is 29.6 Å². The highest BCUT2D eigenvalue weighted by molar-refractivity contribution is 6.08. The fraction of sp³-hybridized carbons (Fsp3) is 0.167. The maximum absolute atomic E-state index is 10.5. The number of rotatable bonds is 4. The van der Waals surface area contributed by atoms with Crippen molar-refractivity contribution in [2.24, 2.45) is 0 Å². The molecule has 4 nitrogen and oxygen atoms in total. The molecule has 0 amide bonds. The van der Waals surface area contributed by atoms with E-state index in [0.29, 0.717) is 5.57 Å². The van der Waals surface area contributed by atoms with Crippen LogP contribution in [-0.4, -0.2) is 23.0 Å². The van der Waals surface area contributed by atoms with Gasteiger partial charge in [-0.2, -0.15) is 0 Å². The van der Waals surface area contributed by atoms with Crippen molar-refractivity contribution in [3.63, 3.8) is 0 Å². The quantitative estimate of drug-likeness (QED) is 0.594. The van der Waals surface area contributed by atoms with Crippen LogP contribution in [0.4, 0.5) is 5.69 Å². The molecule has 0 aliphatic rings. The van der Waals surface area contributed by atoms with Gasteiger partial charge in [0.2, 0.25) is 0 Å². The molecule has 2 rings (SSSR count). The topological polar surface area (TPSA) is 69.6 Å². The molecule has 0 fully saturated rings. The van der Waals surface area contributed by atoms with Crippen LogP contribution in [0.15, 0.2) is 49.0 Å². The zero-order valence-corrected chi connectivity index (χ0v) is 12.8. The third kappa shape index (κ3) is 4.98. The normalized spacial score (nSPS) is 9.36. The standard InChI is InChI=1S/C11H13NO.C7H8O2/c1-3-12-11-7-5-4-6-10(11)9(2)8-13;1-5-2-3-6(8)4-7(5)9/h4-8,12H,2-3H2,1H3;2-4,8-9H,1H3. The van der Waals surface area contributed by atoms with Crippen molar-refractivity contribution in [2.75, 3.05) is 11.9 Å². The van der Waals surface area contributed by atoms with Gasteiger partial charge in [0, 0.05) is 29.4 Å². The van der Waals surface area contributed by atoms with Crippen LogP contribution in [0.5, 0.6) is 11.5 Å². The number of aryl methyl sites for hydroxylation is 1. The Labute approximate surface area is 130 Å². The third-order valence-corrected chi connectivity index (χ3v) is 2.98. The lowest BCUT2D eigenvalue weighted by molar-refractivity contribution is -0.103. The van der Waals surface area contributed by atoms with Gasteiger partial charge in [0.15, 0.2) is 0 Å². The first-order valence-electron chi connectivity index (χ1n) is 6.95. The number of nitrogens with one attached hydrogen (secondary N) is 1. The SMILES string of the molecule is C=C(C=O)c1ccccc1NCC.Cc1ccc(O)cc1O. The van der Waals surface area contributed by atoms with E-state index in [1.807, 2.05) is 31.2 Å². The van der Waals surface area contributed by atoms with Gasteiger partial charge in [-0.3, -0.25) is 4.79 Å². The molecule has 3 N–H and O–H groups in total. The highest BCUT2D eigenvalue weighted by Gasteiger charge is 2.02. The van der Waals surface area contributed by atoms with Gasteiger partial charge in [0.05, 0.1) is 0 Å². The van der Waals surface area contributed by atoms with E-state index in [9.17, 15) is 4.79 Å². The van der Waals surface area contributed by atoms with Crippen LogP contribution in [0.3, 0.4) is 0 Å². The Bertz CT molecular complexity index is 651. The Morgan fingerprint density at radius 3 is 2.45 bits per heavy atom. The van der Waals surface area contributed by atoms with E-state index in [4.69, 9.17) is 10.2 Å². The van der Waals surface area contributed by atoms with Gasteiger partial charge in [-0.1, -0.05) is 30.8 Å². The summed E-state index contributed by atoms with van der Waals surface area (Å²) < 4.78 is 0. The molecule has 0 aliphatic carbocycles. The molecule has 2 aromatic rings. The second kappa shape index (κ2) is 8.52. The number of carbonyl (C=O) groups excluding carboxylic acids is 1. The lowest BCUT2D eigenvalue weighted by Crippen LogP contribution is -2.00. The fourth-order valence-corrected chi connectivity index (χ4v) is 1.77. The number of allylic oxidation sites excluding steroid dienone is 1. The minimum absolute atomic E-state index is 0.0955. The van der Waals surface area contributed by atoms with Crippen molar-refractivity contribution in [2.45, 2.75) is 13.8 Å². The number of hydrogen-bond acceptors (Lipinski definition) is 4. The van der Waals surface area contributed by atoms with Gasteiger partial charge in [-0.25, -0.2) is 0 Å². The summed E-state index contributed by atoms with van der Waals surface area (Å²) in [5, 5.41) is 20.9. The van der Waals surface area contributed by atoms with Crippen LogP contribution in [0.1, 0.15) is 18.1 Å². The fourth-order valence-electron chi connectivity index (χ4n) is 1.77. The molecule has 22 heavy (non-hydrogen) atoms. The summed E-state index contributed by atoms with van der Waals surface area (Å²) in [4.78, 5) is 10.5. The minimum Gasteiger partial charge on any atom is -0.508 e. The van der Waals surface area contributed by atoms with Gasteiger partial charge in [0.1, 0.15) is 17.8 Å². The van der Waals surface area contributed by atoms with Crippen LogP contribution in [0.25, 0.3) is 5.57 Å². The Kier molecular flexibility index (Phi) is 6.70. The highest BCUT2D eigenvalue weighted by Crippen LogP contribution is 2.21. The Morgan fingerprint density at radius 2 is 1.91 bits per heavy atom. The molecule has 116 valence electrons. The van der Waals surface area contributed by atoms with E-state index in [-0.39, 0.29) is 11.5 Å². The zero-order valence-electron chi connectivity index (χ0n) is 12.8. The van der Waals surface area contributed by atoms with Gasteiger partial charge in [0.25, 0.3) is 0 Å². The van der Waals surface area contributed by atoms with Gasteiger partial charge >= 0.3 is 0 Å². The van der Waals surface area contributed by atoms with Crippen molar-refractivity contribution in [1.82, 2.24) is 0 Å². The number of para-hydroxylation sites is 1. The predicted octanol–water partition coefficient (Wildman–Crippen LogP) is 3.74. The number of aromatic hydroxyl groups is 2. The van der Waals surface area contributed by atoms with Gasteiger partial charge in [-0.15, -0.1) is 0 Å². The summed E-state index contributed by atoms with van der Waals surface area (Å²) in [6, 6.07) is 12.2. The number of carbonyl (C=O) groups is 1. The van der Waals surface area contributed by atoms with Gasteiger partial charge in [-0.05, 0) is 31.5 Å². The van der Waals surface area contributed by atoms with Gasteiger partial charge < -0.3 is 15.5 Å². The van der Waals surface area contributed by atoms with Crippen LogP contribution < -0.4 is 5.32 Å². The lowest BCUT2D eigenvalue weighted by Gasteiger charge is -2.08. The predicted molar refractivity (Wildman–Crippen MR) is 90.2 cm³/mol. The maximum Gasteiger partial charge on any atom is 0.150 e.